The summed E-state index contributed by atoms with van der Waals surface area (Å²) in [6, 6.07) is -0.873. The maximum atomic E-state index is 12.8. The second kappa shape index (κ2) is 8.23. The lowest BCUT2D eigenvalue weighted by Crippen LogP contribution is -2.26. The highest BCUT2D eigenvalue weighted by Crippen LogP contribution is 2.55. The standard InChI is InChI=1S/C11H22BO8PS/c1-4-17-21(14,18-5-2)10(20-22(3,15)16)7-8-6-9(13)11(12)19-8/h8-11,13H,4-7H2,1-3H3/t8-,9-,10?,11+/m0/s1. The van der Waals surface area contributed by atoms with Crippen LogP contribution < -0.4 is 0 Å². The summed E-state index contributed by atoms with van der Waals surface area (Å²) in [5, 5.41) is 9.58. The molecule has 22 heavy (non-hydrogen) atoms. The number of aliphatic hydroxyl groups excluding tert-OH is 1. The van der Waals surface area contributed by atoms with E-state index in [2.05, 4.69) is 0 Å². The van der Waals surface area contributed by atoms with Gasteiger partial charge in [0.1, 0.15) is 7.85 Å². The van der Waals surface area contributed by atoms with Crippen molar-refractivity contribution < 1.29 is 36.1 Å². The number of rotatable bonds is 9. The molecule has 0 bridgehead atoms. The molecule has 0 amide bonds. The molecule has 2 radical (unpaired) electrons. The van der Waals surface area contributed by atoms with Gasteiger partial charge in [-0.15, -0.1) is 0 Å². The fraction of sp³-hybridized carbons (Fsp3) is 1.00. The molecular weight excluding hydrogens is 334 g/mol. The van der Waals surface area contributed by atoms with Crippen molar-refractivity contribution in [3.63, 3.8) is 0 Å². The Morgan fingerprint density at radius 2 is 1.91 bits per heavy atom. The first-order valence-corrected chi connectivity index (χ1v) is 10.4. The third kappa shape index (κ3) is 5.92. The molecule has 1 unspecified atom stereocenters. The fourth-order valence-electron chi connectivity index (χ4n) is 2.13. The van der Waals surface area contributed by atoms with E-state index in [-0.39, 0.29) is 26.1 Å². The van der Waals surface area contributed by atoms with Gasteiger partial charge in [-0.25, -0.2) is 0 Å². The molecule has 128 valence electrons. The lowest BCUT2D eigenvalue weighted by molar-refractivity contribution is 0.0414. The molecule has 1 fully saturated rings. The minimum absolute atomic E-state index is 0.0640. The molecule has 1 rings (SSSR count). The van der Waals surface area contributed by atoms with Gasteiger partial charge in [-0.3, -0.25) is 8.75 Å². The normalized spacial score (nSPS) is 27.9. The van der Waals surface area contributed by atoms with Gasteiger partial charge in [0, 0.05) is 18.8 Å². The minimum Gasteiger partial charge on any atom is -0.391 e. The average molecular weight is 356 g/mol. The summed E-state index contributed by atoms with van der Waals surface area (Å²) in [4.78, 5) is 0. The highest BCUT2D eigenvalue weighted by Gasteiger charge is 2.43. The molecule has 0 aliphatic carbocycles. The highest BCUT2D eigenvalue weighted by molar-refractivity contribution is 7.86. The van der Waals surface area contributed by atoms with E-state index in [1.807, 2.05) is 0 Å². The molecule has 11 heteroatoms. The van der Waals surface area contributed by atoms with Crippen molar-refractivity contribution in [2.45, 2.75) is 50.7 Å². The van der Waals surface area contributed by atoms with Crippen LogP contribution in [0.25, 0.3) is 0 Å². The van der Waals surface area contributed by atoms with Crippen molar-refractivity contribution in [3.8, 4) is 0 Å². The predicted molar refractivity (Wildman–Crippen MR) is 80.2 cm³/mol. The monoisotopic (exact) mass is 356 g/mol. The zero-order valence-electron chi connectivity index (χ0n) is 12.9. The molecule has 1 N–H and O–H groups in total. The molecule has 1 saturated heterocycles. The summed E-state index contributed by atoms with van der Waals surface area (Å²) in [6.07, 6.45) is -0.537. The molecule has 4 atom stereocenters. The molecule has 0 aromatic carbocycles. The average Bonchev–Trinajstić information content (AvgIpc) is 2.66. The van der Waals surface area contributed by atoms with Crippen LogP contribution in [-0.2, 0) is 32.7 Å². The Bertz CT molecular complexity index is 478. The molecular formula is C11H22BO8PS. The van der Waals surface area contributed by atoms with E-state index in [1.54, 1.807) is 13.8 Å². The summed E-state index contributed by atoms with van der Waals surface area (Å²) >= 11 is 0. The molecule has 1 aliphatic rings. The maximum absolute atomic E-state index is 12.8. The molecule has 8 nitrogen and oxygen atoms in total. The first-order valence-electron chi connectivity index (χ1n) is 6.97. The predicted octanol–water partition coefficient (Wildman–Crippen LogP) is 0.589. The second-order valence-corrected chi connectivity index (χ2v) is 8.66. The van der Waals surface area contributed by atoms with Crippen molar-refractivity contribution in [2.24, 2.45) is 0 Å². The highest BCUT2D eigenvalue weighted by atomic mass is 32.2. The van der Waals surface area contributed by atoms with Crippen LogP contribution in [0.2, 0.25) is 0 Å². The zero-order chi connectivity index (χ0) is 17.0. The lowest BCUT2D eigenvalue weighted by Gasteiger charge is -2.27. The number of aliphatic hydroxyl groups is 1. The van der Waals surface area contributed by atoms with Crippen LogP contribution in [0.3, 0.4) is 0 Å². The first-order chi connectivity index (χ1) is 10.1. The van der Waals surface area contributed by atoms with Gasteiger partial charge in [0.15, 0.2) is 5.85 Å². The van der Waals surface area contributed by atoms with Crippen molar-refractivity contribution in [1.29, 1.82) is 0 Å². The molecule has 0 spiro atoms. The Labute approximate surface area is 132 Å². The van der Waals surface area contributed by atoms with Crippen LogP contribution in [0.4, 0.5) is 0 Å². The molecule has 1 aliphatic heterocycles. The van der Waals surface area contributed by atoms with Crippen LogP contribution in [0.1, 0.15) is 26.7 Å². The largest absolute Gasteiger partial charge is 0.391 e. The van der Waals surface area contributed by atoms with E-state index in [0.717, 1.165) is 6.26 Å². The van der Waals surface area contributed by atoms with Crippen LogP contribution in [-0.4, -0.2) is 64.9 Å². The quantitative estimate of drug-likeness (QED) is 0.363. The molecule has 0 aromatic rings. The summed E-state index contributed by atoms with van der Waals surface area (Å²) in [5.74, 6) is -1.36. The van der Waals surface area contributed by atoms with Gasteiger partial charge < -0.3 is 18.9 Å². The van der Waals surface area contributed by atoms with E-state index in [0.29, 0.717) is 0 Å². The number of hydrogen-bond acceptors (Lipinski definition) is 8. The van der Waals surface area contributed by atoms with E-state index in [4.69, 9.17) is 25.8 Å². The minimum atomic E-state index is -3.89. The van der Waals surface area contributed by atoms with Crippen LogP contribution in [0.5, 0.6) is 0 Å². The SMILES string of the molecule is [B][C@@H]1O[C@H](CC(OS(C)(=O)=O)P(=O)(OCC)OCC)C[C@@H]1O. The third-order valence-corrected chi connectivity index (χ3v) is 5.94. The Balaban J connectivity index is 2.94. The van der Waals surface area contributed by atoms with Gasteiger partial charge in [-0.05, 0) is 13.8 Å². The van der Waals surface area contributed by atoms with Crippen LogP contribution in [0, 0.1) is 0 Å². The summed E-state index contributed by atoms with van der Waals surface area (Å²) in [6.45, 7) is 3.34. The van der Waals surface area contributed by atoms with Gasteiger partial charge in [0.25, 0.3) is 10.1 Å². The van der Waals surface area contributed by atoms with Gasteiger partial charge in [-0.2, -0.15) is 8.42 Å². The Morgan fingerprint density at radius 3 is 2.27 bits per heavy atom. The van der Waals surface area contributed by atoms with Crippen LogP contribution >= 0.6 is 7.60 Å². The fourth-order valence-corrected chi connectivity index (χ4v) is 5.13. The van der Waals surface area contributed by atoms with Crippen molar-refractivity contribution in [2.75, 3.05) is 19.5 Å². The lowest BCUT2D eigenvalue weighted by atomic mass is 9.94. The molecule has 0 aromatic heterocycles. The summed E-state index contributed by atoms with van der Waals surface area (Å²) < 4.78 is 56.1. The zero-order valence-corrected chi connectivity index (χ0v) is 14.6. The Morgan fingerprint density at radius 1 is 1.36 bits per heavy atom. The number of ether oxygens (including phenoxy) is 1. The van der Waals surface area contributed by atoms with Crippen molar-refractivity contribution in [1.82, 2.24) is 0 Å². The number of hydrogen-bond donors (Lipinski definition) is 1. The smallest absolute Gasteiger partial charge is 0.360 e. The Hall–Kier alpha value is 0.0449. The van der Waals surface area contributed by atoms with Crippen molar-refractivity contribution >= 4 is 25.6 Å². The van der Waals surface area contributed by atoms with Gasteiger partial charge in [-0.1, -0.05) is 0 Å². The van der Waals surface area contributed by atoms with Crippen LogP contribution in [0.15, 0.2) is 0 Å². The molecule has 1 heterocycles. The topological polar surface area (TPSA) is 108 Å². The maximum Gasteiger partial charge on any atom is 0.360 e. The van der Waals surface area contributed by atoms with Gasteiger partial charge >= 0.3 is 7.60 Å². The van der Waals surface area contributed by atoms with E-state index in [9.17, 15) is 18.1 Å². The van der Waals surface area contributed by atoms with Crippen molar-refractivity contribution in [3.05, 3.63) is 0 Å². The Kier molecular flexibility index (Phi) is 7.52. The van der Waals surface area contributed by atoms with Gasteiger partial charge in [0.05, 0.1) is 31.7 Å². The summed E-state index contributed by atoms with van der Waals surface area (Å²) in [7, 11) is -2.18. The van der Waals surface area contributed by atoms with Gasteiger partial charge in [0.2, 0.25) is 0 Å². The second-order valence-electron chi connectivity index (χ2n) is 4.89. The van der Waals surface area contributed by atoms with E-state index >= 15 is 0 Å². The first kappa shape index (κ1) is 20.1. The van der Waals surface area contributed by atoms with E-state index in [1.165, 1.54) is 0 Å². The van der Waals surface area contributed by atoms with E-state index < -0.39 is 41.8 Å². The molecule has 0 saturated carbocycles. The third-order valence-electron chi connectivity index (χ3n) is 2.95. The summed E-state index contributed by atoms with van der Waals surface area (Å²) in [5.41, 5.74) is 0.